The highest BCUT2D eigenvalue weighted by Crippen LogP contribution is 2.28. The molecule has 0 radical (unpaired) electrons. The van der Waals surface area contributed by atoms with Crippen molar-refractivity contribution in [3.05, 3.63) is 11.1 Å². The molecule has 0 aliphatic carbocycles. The zero-order valence-corrected chi connectivity index (χ0v) is 9.17. The number of nitrogens with zero attached hydrogens (tertiary/aromatic N) is 2. The predicted octanol–water partition coefficient (Wildman–Crippen LogP) is 1.36. The van der Waals surface area contributed by atoms with Gasteiger partial charge in [0, 0.05) is 18.1 Å². The molecule has 6 heteroatoms. The number of rotatable bonds is 4. The summed E-state index contributed by atoms with van der Waals surface area (Å²) in [7, 11) is 0. The first-order valence-corrected chi connectivity index (χ1v) is 5.08. The molecule has 0 saturated carbocycles. The Hall–Kier alpha value is -0.970. The lowest BCUT2D eigenvalue weighted by atomic mass is 10.3. The number of hydrazone groups is 1. The molecule has 1 aliphatic rings. The molecule has 0 aromatic rings. The van der Waals surface area contributed by atoms with E-state index in [2.05, 4.69) is 10.5 Å². The van der Waals surface area contributed by atoms with Crippen LogP contribution in [-0.4, -0.2) is 22.8 Å². The van der Waals surface area contributed by atoms with Gasteiger partial charge < -0.3 is 4.74 Å². The summed E-state index contributed by atoms with van der Waals surface area (Å²) in [6.07, 6.45) is 3.39. The Labute approximate surface area is 87.3 Å². The van der Waals surface area contributed by atoms with Crippen LogP contribution >= 0.6 is 11.9 Å². The summed E-state index contributed by atoms with van der Waals surface area (Å²) in [5.41, 5.74) is 2.79. The average molecular weight is 215 g/mol. The van der Waals surface area contributed by atoms with Gasteiger partial charge in [-0.1, -0.05) is 5.10 Å². The maximum Gasteiger partial charge on any atom is 0.260 e. The van der Waals surface area contributed by atoms with Gasteiger partial charge in [-0.05, 0) is 20.8 Å². The van der Waals surface area contributed by atoms with Crippen LogP contribution < -0.4 is 5.43 Å². The molecule has 78 valence electrons. The summed E-state index contributed by atoms with van der Waals surface area (Å²) < 4.78 is 6.90. The Bertz CT molecular complexity index is 274. The molecule has 1 heterocycles. The van der Waals surface area contributed by atoms with E-state index in [4.69, 9.17) is 4.74 Å². The van der Waals surface area contributed by atoms with Crippen molar-refractivity contribution in [3.8, 4) is 0 Å². The first-order valence-electron chi connectivity index (χ1n) is 4.31. The molecule has 0 amide bonds. The Morgan fingerprint density at radius 2 is 2.36 bits per heavy atom. The summed E-state index contributed by atoms with van der Waals surface area (Å²) in [6.45, 7) is 5.91. The third-order valence-electron chi connectivity index (χ3n) is 1.52. The highest BCUT2D eigenvalue weighted by atomic mass is 32.2. The number of ether oxygens (including phenoxy) is 1. The summed E-state index contributed by atoms with van der Waals surface area (Å²) in [4.78, 5) is 11.0. The van der Waals surface area contributed by atoms with Gasteiger partial charge >= 0.3 is 0 Å². The highest BCUT2D eigenvalue weighted by Gasteiger charge is 2.20. The van der Waals surface area contributed by atoms with Crippen molar-refractivity contribution >= 4 is 18.0 Å². The van der Waals surface area contributed by atoms with E-state index in [1.54, 1.807) is 6.20 Å². The van der Waals surface area contributed by atoms with Gasteiger partial charge in [0.2, 0.25) is 0 Å². The van der Waals surface area contributed by atoms with Crippen LogP contribution in [0.2, 0.25) is 0 Å². The lowest BCUT2D eigenvalue weighted by Crippen LogP contribution is -2.16. The molecular weight excluding hydrogens is 202 g/mol. The van der Waals surface area contributed by atoms with Crippen LogP contribution in [0.25, 0.3) is 0 Å². The minimum absolute atomic E-state index is 0.000600. The van der Waals surface area contributed by atoms with Crippen molar-refractivity contribution in [3.63, 3.8) is 0 Å². The Morgan fingerprint density at radius 3 is 2.93 bits per heavy atom. The molecule has 1 unspecified atom stereocenters. The second-order valence-electron chi connectivity index (χ2n) is 3.06. The molecule has 1 N–H and O–H groups in total. The van der Waals surface area contributed by atoms with Gasteiger partial charge in [-0.15, -0.1) is 4.52 Å². The number of isocyanates is 1. The summed E-state index contributed by atoms with van der Waals surface area (Å²) in [5.74, 6) is 0. The first kappa shape index (κ1) is 11.1. The fraction of sp³-hybridized carbons (Fsp3) is 0.625. The van der Waals surface area contributed by atoms with E-state index >= 15 is 0 Å². The van der Waals surface area contributed by atoms with E-state index in [9.17, 15) is 4.79 Å². The summed E-state index contributed by atoms with van der Waals surface area (Å²) in [6, 6.07) is 0. The zero-order valence-electron chi connectivity index (χ0n) is 8.35. The first-order chi connectivity index (χ1) is 6.63. The normalized spacial score (nSPS) is 17.4. The van der Waals surface area contributed by atoms with E-state index in [-0.39, 0.29) is 12.2 Å². The van der Waals surface area contributed by atoms with Gasteiger partial charge in [0.05, 0.1) is 17.1 Å². The Balaban J connectivity index is 2.44. The number of hydrogen-bond donors (Lipinski definition) is 1. The van der Waals surface area contributed by atoms with Crippen molar-refractivity contribution in [1.29, 1.82) is 0 Å². The van der Waals surface area contributed by atoms with Crippen molar-refractivity contribution in [2.24, 2.45) is 5.10 Å². The standard InChI is InChI=1S/C8H13N3O2S/c1-6(2)13-7(3)8-4-9-11(14-8)10-5-12/h4,6-7,9H,1-3H3. The highest BCUT2D eigenvalue weighted by molar-refractivity contribution is 8.01. The van der Waals surface area contributed by atoms with Crippen LogP contribution in [-0.2, 0) is 9.53 Å². The zero-order chi connectivity index (χ0) is 10.6. The minimum Gasteiger partial charge on any atom is -0.370 e. The average Bonchev–Trinajstić information content (AvgIpc) is 2.52. The van der Waals surface area contributed by atoms with Gasteiger partial charge in [0.25, 0.3) is 6.08 Å². The van der Waals surface area contributed by atoms with Crippen LogP contribution in [0, 0.1) is 0 Å². The SMILES string of the molecule is CC(C)OC(C)C1=CNN(N=C=O)S1. The second kappa shape index (κ2) is 5.05. The molecule has 0 saturated heterocycles. The number of nitrogens with one attached hydrogen (secondary N) is 1. The van der Waals surface area contributed by atoms with Crippen LogP contribution in [0.1, 0.15) is 20.8 Å². The van der Waals surface area contributed by atoms with Gasteiger partial charge in [-0.2, -0.15) is 0 Å². The van der Waals surface area contributed by atoms with Crippen molar-refractivity contribution in [2.45, 2.75) is 33.0 Å². The molecule has 0 fully saturated rings. The van der Waals surface area contributed by atoms with Gasteiger partial charge in [0.15, 0.2) is 0 Å². The Morgan fingerprint density at radius 1 is 1.64 bits per heavy atom. The molecule has 1 rings (SSSR count). The van der Waals surface area contributed by atoms with E-state index in [0.29, 0.717) is 0 Å². The smallest absolute Gasteiger partial charge is 0.260 e. The van der Waals surface area contributed by atoms with Gasteiger partial charge in [-0.3, -0.25) is 5.43 Å². The van der Waals surface area contributed by atoms with E-state index in [1.165, 1.54) is 22.6 Å². The number of hydrogen-bond acceptors (Lipinski definition) is 6. The number of hydrazine groups is 1. The largest absolute Gasteiger partial charge is 0.370 e. The van der Waals surface area contributed by atoms with Crippen LogP contribution in [0.15, 0.2) is 16.2 Å². The molecule has 5 nitrogen and oxygen atoms in total. The third kappa shape index (κ3) is 3.06. The quantitative estimate of drug-likeness (QED) is 0.436. The monoisotopic (exact) mass is 215 g/mol. The molecule has 14 heavy (non-hydrogen) atoms. The van der Waals surface area contributed by atoms with Crippen LogP contribution in [0.5, 0.6) is 0 Å². The van der Waals surface area contributed by atoms with Crippen LogP contribution in [0.4, 0.5) is 0 Å². The van der Waals surface area contributed by atoms with Crippen molar-refractivity contribution < 1.29 is 9.53 Å². The maximum atomic E-state index is 9.97. The van der Waals surface area contributed by atoms with Gasteiger partial charge in [0.1, 0.15) is 0 Å². The topological polar surface area (TPSA) is 53.9 Å². The number of carbonyl (C=O) groups excluding carboxylic acids is 1. The molecule has 0 aromatic carbocycles. The third-order valence-corrected chi connectivity index (χ3v) is 2.54. The summed E-state index contributed by atoms with van der Waals surface area (Å²) >= 11 is 1.31. The molecular formula is C8H13N3O2S. The molecule has 1 aliphatic heterocycles. The minimum atomic E-state index is -0.000600. The summed E-state index contributed by atoms with van der Waals surface area (Å²) in [5, 5.41) is 3.41. The Kier molecular flexibility index (Phi) is 4.00. The van der Waals surface area contributed by atoms with Gasteiger partial charge in [-0.25, -0.2) is 4.79 Å². The maximum absolute atomic E-state index is 9.97. The lowest BCUT2D eigenvalue weighted by Gasteiger charge is -2.16. The fourth-order valence-corrected chi connectivity index (χ4v) is 1.71. The van der Waals surface area contributed by atoms with Crippen molar-refractivity contribution in [2.75, 3.05) is 0 Å². The second-order valence-corrected chi connectivity index (χ2v) is 4.06. The van der Waals surface area contributed by atoms with Crippen LogP contribution in [0.3, 0.4) is 0 Å². The molecule has 0 spiro atoms. The molecule has 0 aromatic heterocycles. The molecule has 1 atom stereocenters. The predicted molar refractivity (Wildman–Crippen MR) is 54.5 cm³/mol. The lowest BCUT2D eigenvalue weighted by molar-refractivity contribution is 0.0440. The fourth-order valence-electron chi connectivity index (χ4n) is 1.02. The van der Waals surface area contributed by atoms with E-state index in [1.807, 2.05) is 20.8 Å². The van der Waals surface area contributed by atoms with E-state index < -0.39 is 0 Å². The molecule has 0 bridgehead atoms. The van der Waals surface area contributed by atoms with E-state index in [0.717, 1.165) is 4.91 Å². The van der Waals surface area contributed by atoms with Crippen molar-refractivity contribution in [1.82, 2.24) is 9.95 Å².